The first-order valence-electron chi connectivity index (χ1n) is 10.8. The Hall–Kier alpha value is -3.30. The number of unbranched alkanes of at least 4 members (excludes halogenated alkanes) is 1. The van der Waals surface area contributed by atoms with E-state index in [2.05, 4.69) is 20.0 Å². The number of pyridine rings is 1. The van der Waals surface area contributed by atoms with Gasteiger partial charge in [0.15, 0.2) is 17.2 Å². The van der Waals surface area contributed by atoms with E-state index in [9.17, 15) is 4.79 Å². The van der Waals surface area contributed by atoms with Gasteiger partial charge in [-0.25, -0.2) is 14.5 Å². The van der Waals surface area contributed by atoms with Gasteiger partial charge in [0.1, 0.15) is 22.8 Å². The molecular weight excluding hydrogens is 410 g/mol. The van der Waals surface area contributed by atoms with Gasteiger partial charge in [-0.15, -0.1) is 0 Å². The second kappa shape index (κ2) is 9.05. The number of ketones is 1. The molecule has 1 aliphatic heterocycles. The summed E-state index contributed by atoms with van der Waals surface area (Å²) in [6.07, 6.45) is 5.52. The normalized spacial score (nSPS) is 14.5. The van der Waals surface area contributed by atoms with Crippen molar-refractivity contribution in [2.24, 2.45) is 0 Å². The number of fused-ring (bicyclic) bond motifs is 2. The van der Waals surface area contributed by atoms with Crippen LogP contribution in [0, 0.1) is 0 Å². The van der Waals surface area contributed by atoms with Crippen LogP contribution in [-0.2, 0) is 9.47 Å². The lowest BCUT2D eigenvalue weighted by atomic mass is 10.1. The topological polar surface area (TPSA) is 95.0 Å². The number of carbonyl (C=O) groups excluding carboxylic acids is 1. The molecule has 0 bridgehead atoms. The molecule has 0 amide bonds. The molecule has 0 aromatic carbocycles. The monoisotopic (exact) mass is 435 g/mol. The van der Waals surface area contributed by atoms with Crippen molar-refractivity contribution in [3.05, 3.63) is 42.4 Å². The number of nitrogens with zero attached hydrogens (tertiary/aromatic N) is 5. The molecular formula is C23H25N5O4. The molecule has 166 valence electrons. The fourth-order valence-electron chi connectivity index (χ4n) is 3.95. The first-order valence-corrected chi connectivity index (χ1v) is 10.8. The van der Waals surface area contributed by atoms with E-state index in [4.69, 9.17) is 13.9 Å². The average molecular weight is 435 g/mol. The number of methoxy groups -OCH3 is 1. The summed E-state index contributed by atoms with van der Waals surface area (Å²) in [4.78, 5) is 23.8. The van der Waals surface area contributed by atoms with Gasteiger partial charge in [-0.1, -0.05) is 0 Å². The Morgan fingerprint density at radius 1 is 1.16 bits per heavy atom. The molecule has 5 rings (SSSR count). The number of Topliss-reactive ketones (excluding diaryl/α,β-unsaturated/α-hetero) is 1. The van der Waals surface area contributed by atoms with Gasteiger partial charge in [0, 0.05) is 39.4 Å². The molecule has 0 aliphatic carbocycles. The second-order valence-electron chi connectivity index (χ2n) is 7.76. The van der Waals surface area contributed by atoms with Gasteiger partial charge in [0.05, 0.1) is 24.8 Å². The van der Waals surface area contributed by atoms with Crippen LogP contribution in [-0.4, -0.2) is 65.4 Å². The van der Waals surface area contributed by atoms with Crippen LogP contribution in [0.25, 0.3) is 28.1 Å². The third-order valence-electron chi connectivity index (χ3n) is 5.64. The minimum Gasteiger partial charge on any atom is -0.454 e. The molecule has 0 N–H and O–H groups in total. The van der Waals surface area contributed by atoms with Gasteiger partial charge < -0.3 is 18.8 Å². The number of ether oxygens (including phenoxy) is 2. The smallest absolute Gasteiger partial charge is 0.183 e. The van der Waals surface area contributed by atoms with Crippen molar-refractivity contribution in [3.63, 3.8) is 0 Å². The van der Waals surface area contributed by atoms with Gasteiger partial charge in [-0.05, 0) is 37.1 Å². The van der Waals surface area contributed by atoms with Crippen LogP contribution in [0.3, 0.4) is 0 Å². The average Bonchev–Trinajstić information content (AvgIpc) is 3.45. The summed E-state index contributed by atoms with van der Waals surface area (Å²) >= 11 is 0. The molecule has 1 aliphatic rings. The molecule has 9 heteroatoms. The SMILES string of the molecule is COCCCCC(=O)c1ccc2ncc(-c3cc4c(N5CCOCC5)nccc4o3)n2n1. The minimum atomic E-state index is 0.00561. The van der Waals surface area contributed by atoms with E-state index >= 15 is 0 Å². The largest absolute Gasteiger partial charge is 0.454 e. The van der Waals surface area contributed by atoms with Crippen LogP contribution in [0.4, 0.5) is 5.82 Å². The fraction of sp³-hybridized carbons (Fsp3) is 0.391. The molecule has 32 heavy (non-hydrogen) atoms. The highest BCUT2D eigenvalue weighted by molar-refractivity contribution is 5.94. The van der Waals surface area contributed by atoms with Crippen LogP contribution in [0.2, 0.25) is 0 Å². The predicted octanol–water partition coefficient (Wildman–Crippen LogP) is 3.37. The van der Waals surface area contributed by atoms with Crippen LogP contribution >= 0.6 is 0 Å². The zero-order valence-corrected chi connectivity index (χ0v) is 18.0. The molecule has 5 heterocycles. The third-order valence-corrected chi connectivity index (χ3v) is 5.64. The molecule has 1 fully saturated rings. The Morgan fingerprint density at radius 3 is 2.88 bits per heavy atom. The van der Waals surface area contributed by atoms with Crippen LogP contribution < -0.4 is 4.90 Å². The fourth-order valence-corrected chi connectivity index (χ4v) is 3.95. The summed E-state index contributed by atoms with van der Waals surface area (Å²) in [7, 11) is 1.66. The molecule has 4 aromatic rings. The maximum absolute atomic E-state index is 12.6. The lowest BCUT2D eigenvalue weighted by Gasteiger charge is -2.28. The van der Waals surface area contributed by atoms with E-state index in [1.165, 1.54) is 0 Å². The Labute approximate surface area is 185 Å². The van der Waals surface area contributed by atoms with E-state index in [0.717, 1.165) is 42.7 Å². The van der Waals surface area contributed by atoms with Gasteiger partial charge in [0.2, 0.25) is 0 Å². The summed E-state index contributed by atoms with van der Waals surface area (Å²) in [5.41, 5.74) is 2.51. The summed E-state index contributed by atoms with van der Waals surface area (Å²) < 4.78 is 18.3. The van der Waals surface area contributed by atoms with Gasteiger partial charge >= 0.3 is 0 Å². The molecule has 0 spiro atoms. The minimum absolute atomic E-state index is 0.00561. The van der Waals surface area contributed by atoms with Gasteiger partial charge in [-0.2, -0.15) is 5.10 Å². The van der Waals surface area contributed by atoms with Crippen molar-refractivity contribution in [1.82, 2.24) is 19.6 Å². The second-order valence-corrected chi connectivity index (χ2v) is 7.76. The summed E-state index contributed by atoms with van der Waals surface area (Å²) in [6.45, 7) is 3.60. The van der Waals surface area contributed by atoms with E-state index in [0.29, 0.717) is 49.0 Å². The van der Waals surface area contributed by atoms with Crippen molar-refractivity contribution in [2.45, 2.75) is 19.3 Å². The quantitative estimate of drug-likeness (QED) is 0.307. The van der Waals surface area contributed by atoms with E-state index in [-0.39, 0.29) is 5.78 Å². The van der Waals surface area contributed by atoms with E-state index in [1.807, 2.05) is 18.2 Å². The summed E-state index contributed by atoms with van der Waals surface area (Å²) in [5.74, 6) is 1.52. The number of imidazole rings is 1. The number of hydrogen-bond acceptors (Lipinski definition) is 8. The summed E-state index contributed by atoms with van der Waals surface area (Å²) in [6, 6.07) is 7.36. The third kappa shape index (κ3) is 3.96. The van der Waals surface area contributed by atoms with Crippen molar-refractivity contribution in [2.75, 3.05) is 44.9 Å². The highest BCUT2D eigenvalue weighted by Crippen LogP contribution is 2.33. The summed E-state index contributed by atoms with van der Waals surface area (Å²) in [5, 5.41) is 5.50. The molecule has 9 nitrogen and oxygen atoms in total. The van der Waals surface area contributed by atoms with Crippen LogP contribution in [0.1, 0.15) is 29.8 Å². The van der Waals surface area contributed by atoms with Crippen molar-refractivity contribution >= 4 is 28.2 Å². The standard InChI is InChI=1S/C23H25N5O4/c1-30-11-3-2-4-19(29)17-5-6-22-25-15-18(28(22)26-17)21-14-16-20(32-21)7-8-24-23(16)27-9-12-31-13-10-27/h5-8,14-15H,2-4,9-13H2,1H3. The number of aromatic nitrogens is 4. The van der Waals surface area contributed by atoms with Crippen LogP contribution in [0.15, 0.2) is 41.1 Å². The Bertz CT molecular complexity index is 1240. The van der Waals surface area contributed by atoms with E-state index in [1.54, 1.807) is 30.1 Å². The number of carbonyl (C=O) groups is 1. The molecule has 0 unspecified atom stereocenters. The number of anilines is 1. The van der Waals surface area contributed by atoms with Crippen molar-refractivity contribution < 1.29 is 18.7 Å². The highest BCUT2D eigenvalue weighted by atomic mass is 16.5. The maximum Gasteiger partial charge on any atom is 0.183 e. The molecule has 0 radical (unpaired) electrons. The number of morpholine rings is 1. The van der Waals surface area contributed by atoms with Crippen molar-refractivity contribution in [3.8, 4) is 11.5 Å². The predicted molar refractivity (Wildman–Crippen MR) is 119 cm³/mol. The Balaban J connectivity index is 1.47. The van der Waals surface area contributed by atoms with Crippen molar-refractivity contribution in [1.29, 1.82) is 0 Å². The lowest BCUT2D eigenvalue weighted by molar-refractivity contribution is 0.0969. The number of furan rings is 1. The number of hydrogen-bond donors (Lipinski definition) is 0. The molecule has 1 saturated heterocycles. The molecule has 0 atom stereocenters. The zero-order valence-electron chi connectivity index (χ0n) is 18.0. The maximum atomic E-state index is 12.6. The first-order chi connectivity index (χ1) is 15.7. The van der Waals surface area contributed by atoms with Crippen LogP contribution in [0.5, 0.6) is 0 Å². The van der Waals surface area contributed by atoms with Gasteiger partial charge in [0.25, 0.3) is 0 Å². The van der Waals surface area contributed by atoms with Gasteiger partial charge in [-0.3, -0.25) is 4.79 Å². The highest BCUT2D eigenvalue weighted by Gasteiger charge is 2.20. The zero-order chi connectivity index (χ0) is 21.9. The number of rotatable bonds is 8. The molecule has 0 saturated carbocycles. The Morgan fingerprint density at radius 2 is 2.03 bits per heavy atom. The Kier molecular flexibility index (Phi) is 5.83. The van der Waals surface area contributed by atoms with E-state index < -0.39 is 0 Å². The first kappa shape index (κ1) is 20.6. The lowest BCUT2D eigenvalue weighted by Crippen LogP contribution is -2.36. The molecule has 4 aromatic heterocycles.